The number of amides is 2. The van der Waals surface area contributed by atoms with Crippen LogP contribution in [0.4, 0.5) is 0 Å². The quantitative estimate of drug-likeness (QED) is 0.424. The largest absolute Gasteiger partial charge is 0.278 e. The van der Waals surface area contributed by atoms with Gasteiger partial charge in [-0.15, -0.1) is 6.58 Å². The van der Waals surface area contributed by atoms with E-state index in [-0.39, 0.29) is 24.2 Å². The summed E-state index contributed by atoms with van der Waals surface area (Å²) in [7, 11) is 0. The van der Waals surface area contributed by atoms with Crippen LogP contribution in [0.5, 0.6) is 0 Å². The highest BCUT2D eigenvalue weighted by Gasteiger charge is 2.34. The van der Waals surface area contributed by atoms with Crippen molar-refractivity contribution in [3.05, 3.63) is 19.6 Å². The third-order valence-corrected chi connectivity index (χ3v) is 1.65. The Hall–Kier alpha value is -1.12. The molecule has 1 heterocycles. The molecule has 0 N–H and O–H groups in total. The number of carbonyl (C=O) groups excluding carboxylic acids is 2. The van der Waals surface area contributed by atoms with E-state index in [1.165, 1.54) is 11.0 Å². The van der Waals surface area contributed by atoms with Crippen LogP contribution in [0.1, 0.15) is 6.42 Å². The van der Waals surface area contributed by atoms with Crippen LogP contribution in [0, 0.1) is 12.8 Å². The fourth-order valence-corrected chi connectivity index (χ4v) is 1.07. The van der Waals surface area contributed by atoms with Gasteiger partial charge in [0.1, 0.15) is 0 Å². The van der Waals surface area contributed by atoms with E-state index in [4.69, 9.17) is 0 Å². The zero-order valence-corrected chi connectivity index (χ0v) is 6.25. The summed E-state index contributed by atoms with van der Waals surface area (Å²) in [5.41, 5.74) is 0. The standard InChI is InChI=1S/C8H10NO2/c1-3-4-9-7(10)5-6(2)8(9)11/h3,6H,1-2,4-5H2. The Morgan fingerprint density at radius 2 is 2.27 bits per heavy atom. The molecule has 0 aromatic rings. The first kappa shape index (κ1) is 7.98. The Morgan fingerprint density at radius 3 is 2.64 bits per heavy atom. The van der Waals surface area contributed by atoms with E-state index < -0.39 is 0 Å². The molecule has 2 amide bonds. The molecule has 0 spiro atoms. The summed E-state index contributed by atoms with van der Waals surface area (Å²) in [5, 5.41) is 0. The highest BCUT2D eigenvalue weighted by atomic mass is 16.2. The van der Waals surface area contributed by atoms with Crippen LogP contribution in [-0.2, 0) is 9.59 Å². The van der Waals surface area contributed by atoms with E-state index in [0.717, 1.165) is 0 Å². The third-order valence-electron chi connectivity index (χ3n) is 1.65. The summed E-state index contributed by atoms with van der Waals surface area (Å²) in [5.74, 6) is -0.716. The van der Waals surface area contributed by atoms with Gasteiger partial charge in [-0.1, -0.05) is 6.08 Å². The molecule has 1 aliphatic heterocycles. The normalized spacial score (nSPS) is 24.5. The average molecular weight is 152 g/mol. The van der Waals surface area contributed by atoms with E-state index in [1.807, 2.05) is 0 Å². The molecule has 0 aliphatic carbocycles. The number of imide groups is 1. The van der Waals surface area contributed by atoms with Gasteiger partial charge in [-0.2, -0.15) is 0 Å². The molecule has 0 aromatic heterocycles. The van der Waals surface area contributed by atoms with Crippen molar-refractivity contribution in [2.75, 3.05) is 6.54 Å². The summed E-state index contributed by atoms with van der Waals surface area (Å²) in [6.07, 6.45) is 1.78. The number of likely N-dealkylation sites (tertiary alicyclic amines) is 1. The number of nitrogens with zero attached hydrogens (tertiary/aromatic N) is 1. The van der Waals surface area contributed by atoms with Crippen LogP contribution in [0.25, 0.3) is 0 Å². The second-order valence-corrected chi connectivity index (χ2v) is 2.53. The molecular formula is C8H10NO2. The van der Waals surface area contributed by atoms with Gasteiger partial charge in [0.05, 0.1) is 0 Å². The first-order valence-corrected chi connectivity index (χ1v) is 3.45. The Labute approximate surface area is 65.7 Å². The monoisotopic (exact) mass is 152 g/mol. The van der Waals surface area contributed by atoms with Crippen molar-refractivity contribution in [1.29, 1.82) is 0 Å². The van der Waals surface area contributed by atoms with Gasteiger partial charge in [0.15, 0.2) is 0 Å². The van der Waals surface area contributed by atoms with Crippen molar-refractivity contribution in [1.82, 2.24) is 4.90 Å². The summed E-state index contributed by atoms with van der Waals surface area (Å²) in [6, 6.07) is 0. The van der Waals surface area contributed by atoms with Gasteiger partial charge in [0.2, 0.25) is 11.8 Å². The second-order valence-electron chi connectivity index (χ2n) is 2.53. The summed E-state index contributed by atoms with van der Waals surface area (Å²) >= 11 is 0. The van der Waals surface area contributed by atoms with Crippen LogP contribution >= 0.6 is 0 Å². The van der Waals surface area contributed by atoms with Crippen LogP contribution in [0.2, 0.25) is 0 Å². The molecule has 1 radical (unpaired) electrons. The number of hydrogen-bond donors (Lipinski definition) is 0. The maximum absolute atomic E-state index is 11.1. The van der Waals surface area contributed by atoms with Gasteiger partial charge >= 0.3 is 0 Å². The van der Waals surface area contributed by atoms with Crippen molar-refractivity contribution in [2.24, 2.45) is 5.92 Å². The van der Waals surface area contributed by atoms with Crippen LogP contribution < -0.4 is 0 Å². The molecule has 1 aliphatic rings. The first-order chi connectivity index (χ1) is 5.16. The number of rotatable bonds is 2. The van der Waals surface area contributed by atoms with Crippen LogP contribution in [-0.4, -0.2) is 23.3 Å². The predicted octanol–water partition coefficient (Wildman–Crippen LogP) is 0.382. The molecule has 3 nitrogen and oxygen atoms in total. The lowest BCUT2D eigenvalue weighted by Gasteiger charge is -2.09. The Morgan fingerprint density at radius 1 is 1.64 bits per heavy atom. The molecule has 0 bridgehead atoms. The minimum absolute atomic E-state index is 0.144. The minimum Gasteiger partial charge on any atom is -0.278 e. The zero-order valence-electron chi connectivity index (χ0n) is 6.25. The Kier molecular flexibility index (Phi) is 2.08. The van der Waals surface area contributed by atoms with Crippen molar-refractivity contribution in [3.8, 4) is 0 Å². The van der Waals surface area contributed by atoms with E-state index >= 15 is 0 Å². The highest BCUT2D eigenvalue weighted by molar-refractivity contribution is 6.03. The highest BCUT2D eigenvalue weighted by Crippen LogP contribution is 2.17. The summed E-state index contributed by atoms with van der Waals surface area (Å²) in [6.45, 7) is 7.32. The fourth-order valence-electron chi connectivity index (χ4n) is 1.07. The second kappa shape index (κ2) is 2.86. The van der Waals surface area contributed by atoms with Gasteiger partial charge in [0, 0.05) is 18.9 Å². The lowest BCUT2D eigenvalue weighted by Crippen LogP contribution is -2.30. The third kappa shape index (κ3) is 1.31. The molecule has 0 saturated carbocycles. The zero-order chi connectivity index (χ0) is 8.43. The Balaban J connectivity index is 2.71. The average Bonchev–Trinajstić information content (AvgIpc) is 2.17. The van der Waals surface area contributed by atoms with Gasteiger partial charge < -0.3 is 0 Å². The molecule has 0 aromatic carbocycles. The lowest BCUT2D eigenvalue weighted by molar-refractivity contribution is -0.138. The van der Waals surface area contributed by atoms with Gasteiger partial charge in [0.25, 0.3) is 0 Å². The SMILES string of the molecule is [CH2]C1CC(=O)N(CC=C)C1=O. The van der Waals surface area contributed by atoms with Gasteiger partial charge in [-0.3, -0.25) is 14.5 Å². The molecule has 1 unspecified atom stereocenters. The van der Waals surface area contributed by atoms with E-state index in [2.05, 4.69) is 13.5 Å². The molecule has 59 valence electrons. The van der Waals surface area contributed by atoms with Crippen LogP contribution in [0.15, 0.2) is 12.7 Å². The Bertz CT molecular complexity index is 210. The molecular weight excluding hydrogens is 142 g/mol. The number of carbonyl (C=O) groups is 2. The summed E-state index contributed by atoms with van der Waals surface area (Å²) < 4.78 is 0. The molecule has 1 atom stereocenters. The van der Waals surface area contributed by atoms with Crippen molar-refractivity contribution >= 4 is 11.8 Å². The van der Waals surface area contributed by atoms with E-state index in [0.29, 0.717) is 6.54 Å². The van der Waals surface area contributed by atoms with Crippen molar-refractivity contribution in [2.45, 2.75) is 6.42 Å². The molecule has 11 heavy (non-hydrogen) atoms. The lowest BCUT2D eigenvalue weighted by atomic mass is 10.1. The minimum atomic E-state index is -0.387. The fraction of sp³-hybridized carbons (Fsp3) is 0.375. The van der Waals surface area contributed by atoms with Crippen LogP contribution in [0.3, 0.4) is 0 Å². The number of hydrogen-bond acceptors (Lipinski definition) is 2. The molecule has 1 saturated heterocycles. The maximum atomic E-state index is 11.1. The first-order valence-electron chi connectivity index (χ1n) is 3.45. The summed E-state index contributed by atoms with van der Waals surface area (Å²) in [4.78, 5) is 23.3. The molecule has 3 heteroatoms. The van der Waals surface area contributed by atoms with Crippen molar-refractivity contribution in [3.63, 3.8) is 0 Å². The smallest absolute Gasteiger partial charge is 0.233 e. The van der Waals surface area contributed by atoms with Gasteiger partial charge in [-0.25, -0.2) is 0 Å². The van der Waals surface area contributed by atoms with Gasteiger partial charge in [-0.05, 0) is 6.92 Å². The van der Waals surface area contributed by atoms with Crippen molar-refractivity contribution < 1.29 is 9.59 Å². The predicted molar refractivity (Wildman–Crippen MR) is 40.4 cm³/mol. The van der Waals surface area contributed by atoms with E-state index in [9.17, 15) is 9.59 Å². The molecule has 1 fully saturated rings. The maximum Gasteiger partial charge on any atom is 0.233 e. The molecule has 1 rings (SSSR count). The topological polar surface area (TPSA) is 37.4 Å². The van der Waals surface area contributed by atoms with E-state index in [1.54, 1.807) is 0 Å².